The molecule has 0 atom stereocenters. The molecule has 31 heavy (non-hydrogen) atoms. The molecule has 0 radical (unpaired) electrons. The van der Waals surface area contributed by atoms with Crippen LogP contribution in [0.25, 0.3) is 11.4 Å². The molecule has 2 N–H and O–H groups in total. The van der Waals surface area contributed by atoms with Crippen LogP contribution in [0.3, 0.4) is 0 Å². The number of hydrogen-bond donors (Lipinski definition) is 2. The molecule has 0 fully saturated rings. The van der Waals surface area contributed by atoms with E-state index in [0.29, 0.717) is 17.2 Å². The molecule has 0 bridgehead atoms. The lowest BCUT2D eigenvalue weighted by atomic mass is 10.2. The molecule has 4 rings (SSSR count). The molecule has 1 aromatic heterocycles. The number of benzene rings is 3. The molecule has 3 aromatic carbocycles. The SMILES string of the molecule is CCOc1ccc(-c2n[nH]c(=S)n2N/N=C/c2cccc(Oc3ccccc3)c2)cc1. The van der Waals surface area contributed by atoms with Crippen molar-refractivity contribution in [2.24, 2.45) is 5.10 Å². The maximum absolute atomic E-state index is 5.87. The Bertz CT molecular complexity index is 1220. The standard InChI is InChI=1S/C23H21N5O2S/c1-2-29-19-13-11-18(12-14-19)22-25-26-23(31)28(22)27-24-16-17-7-6-10-21(15-17)30-20-8-4-3-5-9-20/h3-16,27H,2H2,1H3,(H,26,31)/b24-16+. The average Bonchev–Trinajstić information content (AvgIpc) is 3.16. The van der Waals surface area contributed by atoms with E-state index in [9.17, 15) is 0 Å². The molecule has 0 aliphatic carbocycles. The third kappa shape index (κ3) is 5.18. The van der Waals surface area contributed by atoms with Crippen LogP contribution in [0.1, 0.15) is 12.5 Å². The summed E-state index contributed by atoms with van der Waals surface area (Å²) in [5, 5.41) is 11.4. The number of hydrogen-bond acceptors (Lipinski definition) is 6. The molecule has 4 aromatic rings. The molecular weight excluding hydrogens is 410 g/mol. The van der Waals surface area contributed by atoms with Gasteiger partial charge in [0.25, 0.3) is 0 Å². The van der Waals surface area contributed by atoms with Gasteiger partial charge in [-0.1, -0.05) is 30.3 Å². The highest BCUT2D eigenvalue weighted by molar-refractivity contribution is 7.71. The van der Waals surface area contributed by atoms with Crippen molar-refractivity contribution in [1.82, 2.24) is 14.9 Å². The van der Waals surface area contributed by atoms with E-state index >= 15 is 0 Å². The van der Waals surface area contributed by atoms with E-state index in [0.717, 1.165) is 28.4 Å². The predicted molar refractivity (Wildman–Crippen MR) is 124 cm³/mol. The summed E-state index contributed by atoms with van der Waals surface area (Å²) in [6.45, 7) is 2.57. The van der Waals surface area contributed by atoms with E-state index < -0.39 is 0 Å². The number of hydrazone groups is 1. The summed E-state index contributed by atoms with van der Waals surface area (Å²) in [6, 6.07) is 24.9. The van der Waals surface area contributed by atoms with Crippen molar-refractivity contribution in [2.45, 2.75) is 6.92 Å². The maximum atomic E-state index is 5.87. The second kappa shape index (κ2) is 9.73. The highest BCUT2D eigenvalue weighted by Gasteiger charge is 2.08. The van der Waals surface area contributed by atoms with Gasteiger partial charge in [-0.25, -0.2) is 10.6 Å². The largest absolute Gasteiger partial charge is 0.494 e. The molecular formula is C23H21N5O2S. The number of nitrogens with zero attached hydrogens (tertiary/aromatic N) is 3. The fourth-order valence-corrected chi connectivity index (χ4v) is 3.07. The van der Waals surface area contributed by atoms with Crippen molar-refractivity contribution < 1.29 is 9.47 Å². The van der Waals surface area contributed by atoms with Gasteiger partial charge in [0.05, 0.1) is 12.8 Å². The summed E-state index contributed by atoms with van der Waals surface area (Å²) in [5.74, 6) is 2.92. The minimum absolute atomic E-state index is 0.405. The molecule has 0 saturated heterocycles. The molecule has 0 amide bonds. The first kappa shape index (κ1) is 20.4. The first-order chi connectivity index (χ1) is 15.2. The first-order valence-corrected chi connectivity index (χ1v) is 10.2. The monoisotopic (exact) mass is 431 g/mol. The van der Waals surface area contributed by atoms with Gasteiger partial charge in [0.2, 0.25) is 4.77 Å². The van der Waals surface area contributed by atoms with Gasteiger partial charge in [-0.2, -0.15) is 14.9 Å². The van der Waals surface area contributed by atoms with Crippen LogP contribution in [-0.4, -0.2) is 27.7 Å². The third-order valence-electron chi connectivity index (χ3n) is 4.30. The minimum atomic E-state index is 0.405. The Morgan fingerprint density at radius 3 is 2.55 bits per heavy atom. The van der Waals surface area contributed by atoms with Crippen LogP contribution in [0.15, 0.2) is 84.0 Å². The smallest absolute Gasteiger partial charge is 0.216 e. The lowest BCUT2D eigenvalue weighted by Crippen LogP contribution is -2.10. The normalized spacial score (nSPS) is 10.9. The Labute approximate surface area is 184 Å². The fourth-order valence-electron chi connectivity index (χ4n) is 2.89. The summed E-state index contributed by atoms with van der Waals surface area (Å²) < 4.78 is 13.4. The van der Waals surface area contributed by atoms with Crippen LogP contribution in [0, 0.1) is 4.77 Å². The van der Waals surface area contributed by atoms with Gasteiger partial charge in [0.1, 0.15) is 17.2 Å². The first-order valence-electron chi connectivity index (χ1n) is 9.75. The summed E-state index contributed by atoms with van der Waals surface area (Å²) in [7, 11) is 0. The molecule has 1 heterocycles. The zero-order valence-corrected chi connectivity index (χ0v) is 17.7. The number of H-pyrrole nitrogens is 1. The molecule has 0 saturated carbocycles. The minimum Gasteiger partial charge on any atom is -0.494 e. The quantitative estimate of drug-likeness (QED) is 0.223. The van der Waals surface area contributed by atoms with Crippen LogP contribution >= 0.6 is 12.2 Å². The van der Waals surface area contributed by atoms with Crippen molar-refractivity contribution in [3.63, 3.8) is 0 Å². The Morgan fingerprint density at radius 1 is 1.00 bits per heavy atom. The third-order valence-corrected chi connectivity index (χ3v) is 4.58. The summed E-state index contributed by atoms with van der Waals surface area (Å²) >= 11 is 5.33. The number of aromatic amines is 1. The average molecular weight is 432 g/mol. The van der Waals surface area contributed by atoms with E-state index in [2.05, 4.69) is 20.8 Å². The van der Waals surface area contributed by atoms with Crippen molar-refractivity contribution in [3.8, 4) is 28.6 Å². The van der Waals surface area contributed by atoms with Crippen molar-refractivity contribution in [2.75, 3.05) is 12.1 Å². The van der Waals surface area contributed by atoms with Gasteiger partial charge in [-0.05, 0) is 73.2 Å². The summed E-state index contributed by atoms with van der Waals surface area (Å²) in [5.41, 5.74) is 4.68. The molecule has 7 nitrogen and oxygen atoms in total. The Morgan fingerprint density at radius 2 is 1.77 bits per heavy atom. The van der Waals surface area contributed by atoms with Crippen molar-refractivity contribution in [3.05, 3.63) is 89.2 Å². The summed E-state index contributed by atoms with van der Waals surface area (Å²) in [6.07, 6.45) is 1.69. The van der Waals surface area contributed by atoms with E-state index in [1.807, 2.05) is 85.8 Å². The Balaban J connectivity index is 1.48. The lowest BCUT2D eigenvalue weighted by molar-refractivity contribution is 0.340. The van der Waals surface area contributed by atoms with Gasteiger partial charge in [0.15, 0.2) is 5.82 Å². The maximum Gasteiger partial charge on any atom is 0.216 e. The van der Waals surface area contributed by atoms with E-state index in [1.54, 1.807) is 10.9 Å². The van der Waals surface area contributed by atoms with E-state index in [4.69, 9.17) is 21.7 Å². The molecule has 8 heteroatoms. The number of rotatable bonds is 8. The predicted octanol–water partition coefficient (Wildman–Crippen LogP) is 5.38. The number of aromatic nitrogens is 3. The van der Waals surface area contributed by atoms with Crippen LogP contribution in [0.4, 0.5) is 0 Å². The van der Waals surface area contributed by atoms with E-state index in [1.165, 1.54) is 0 Å². The van der Waals surface area contributed by atoms with Gasteiger partial charge in [-0.3, -0.25) is 0 Å². The molecule has 0 aliphatic rings. The molecule has 0 spiro atoms. The van der Waals surface area contributed by atoms with Gasteiger partial charge < -0.3 is 9.47 Å². The summed E-state index contributed by atoms with van der Waals surface area (Å²) in [4.78, 5) is 0. The zero-order chi connectivity index (χ0) is 21.5. The Kier molecular flexibility index (Phi) is 6.39. The van der Waals surface area contributed by atoms with Crippen molar-refractivity contribution >= 4 is 18.4 Å². The second-order valence-electron chi connectivity index (χ2n) is 6.49. The zero-order valence-electron chi connectivity index (χ0n) is 16.9. The lowest BCUT2D eigenvalue weighted by Gasteiger charge is -2.07. The molecule has 156 valence electrons. The van der Waals surface area contributed by atoms with Gasteiger partial charge >= 0.3 is 0 Å². The second-order valence-corrected chi connectivity index (χ2v) is 6.88. The van der Waals surface area contributed by atoms with Crippen LogP contribution in [0.2, 0.25) is 0 Å². The van der Waals surface area contributed by atoms with Crippen LogP contribution in [0.5, 0.6) is 17.2 Å². The highest BCUT2D eigenvalue weighted by atomic mass is 32.1. The number of nitrogens with one attached hydrogen (secondary N) is 2. The topological polar surface area (TPSA) is 76.5 Å². The molecule has 0 aliphatic heterocycles. The molecule has 0 unspecified atom stereocenters. The fraction of sp³-hybridized carbons (Fsp3) is 0.0870. The highest BCUT2D eigenvalue weighted by Crippen LogP contribution is 2.22. The number of para-hydroxylation sites is 1. The Hall–Kier alpha value is -3.91. The van der Waals surface area contributed by atoms with Crippen molar-refractivity contribution in [1.29, 1.82) is 0 Å². The number of ether oxygens (including phenoxy) is 2. The van der Waals surface area contributed by atoms with Crippen LogP contribution < -0.4 is 15.0 Å². The van der Waals surface area contributed by atoms with Gasteiger partial charge in [-0.15, -0.1) is 0 Å². The van der Waals surface area contributed by atoms with Crippen LogP contribution in [-0.2, 0) is 0 Å². The van der Waals surface area contributed by atoms with Gasteiger partial charge in [0, 0.05) is 5.56 Å². The van der Waals surface area contributed by atoms with E-state index in [-0.39, 0.29) is 0 Å².